The minimum absolute atomic E-state index is 0.169. The molecule has 2 rings (SSSR count). The van der Waals surface area contributed by atoms with E-state index in [0.717, 1.165) is 0 Å². The Hall–Kier alpha value is -2.57. The maximum absolute atomic E-state index is 10.9. The number of carbonyl (C=O) groups is 1. The zero-order valence-electron chi connectivity index (χ0n) is 10.6. The van der Waals surface area contributed by atoms with Crippen LogP contribution in [0, 0.1) is 0 Å². The van der Waals surface area contributed by atoms with Crippen LogP contribution in [0.15, 0.2) is 12.1 Å². The molecule has 7 nitrogen and oxygen atoms in total. The Morgan fingerprint density at radius 2 is 1.74 bits per heavy atom. The van der Waals surface area contributed by atoms with Crippen LogP contribution in [0.2, 0.25) is 0 Å². The van der Waals surface area contributed by atoms with E-state index in [-0.39, 0.29) is 5.69 Å². The Kier molecular flexibility index (Phi) is 3.37. The number of ether oxygens (including phenoxy) is 3. The monoisotopic (exact) mass is 264 g/mol. The number of hydrogen-bond acceptors (Lipinski definition) is 6. The molecule has 0 spiro atoms. The van der Waals surface area contributed by atoms with Crippen LogP contribution in [-0.2, 0) is 0 Å². The van der Waals surface area contributed by atoms with Gasteiger partial charge in [0.25, 0.3) is 0 Å². The Labute approximate surface area is 108 Å². The first-order valence-corrected chi connectivity index (χ1v) is 5.32. The van der Waals surface area contributed by atoms with Gasteiger partial charge in [0.05, 0.1) is 26.7 Å². The minimum atomic E-state index is -1.16. The van der Waals surface area contributed by atoms with Crippen LogP contribution in [0.25, 0.3) is 10.9 Å². The fraction of sp³-hybridized carbons (Fsp3) is 0.250. The van der Waals surface area contributed by atoms with Gasteiger partial charge in [-0.15, -0.1) is 10.2 Å². The maximum atomic E-state index is 10.9. The van der Waals surface area contributed by atoms with Gasteiger partial charge in [-0.2, -0.15) is 0 Å². The van der Waals surface area contributed by atoms with Crippen molar-refractivity contribution >= 4 is 16.9 Å². The predicted molar refractivity (Wildman–Crippen MR) is 66.2 cm³/mol. The van der Waals surface area contributed by atoms with Crippen molar-refractivity contribution in [1.82, 2.24) is 10.2 Å². The summed E-state index contributed by atoms with van der Waals surface area (Å²) in [5.74, 6) is 0.00607. The van der Waals surface area contributed by atoms with Gasteiger partial charge in [-0.1, -0.05) is 0 Å². The van der Waals surface area contributed by atoms with Crippen LogP contribution < -0.4 is 14.2 Å². The molecule has 0 radical (unpaired) electrons. The number of carboxylic acids is 1. The smallest absolute Gasteiger partial charge is 0.356 e. The molecule has 0 saturated heterocycles. The second-order valence-corrected chi connectivity index (χ2v) is 3.61. The summed E-state index contributed by atoms with van der Waals surface area (Å²) in [7, 11) is 4.42. The molecule has 0 atom stereocenters. The van der Waals surface area contributed by atoms with Gasteiger partial charge in [0.2, 0.25) is 5.75 Å². The van der Waals surface area contributed by atoms with Crippen molar-refractivity contribution in [2.24, 2.45) is 0 Å². The molecule has 0 amide bonds. The van der Waals surface area contributed by atoms with E-state index >= 15 is 0 Å². The number of nitrogens with zero attached hydrogens (tertiary/aromatic N) is 2. The van der Waals surface area contributed by atoms with Crippen LogP contribution >= 0.6 is 0 Å². The number of benzene rings is 1. The molecule has 0 saturated carbocycles. The standard InChI is InChI=1S/C12H12N2O5/c1-17-9-5-7-6(10(18-2)11(9)19-3)4-8(12(15)16)14-13-7/h4-5H,1-3H3,(H,15,16). The molecule has 0 unspecified atom stereocenters. The second-order valence-electron chi connectivity index (χ2n) is 3.61. The number of hydrogen-bond donors (Lipinski definition) is 1. The largest absolute Gasteiger partial charge is 0.493 e. The summed E-state index contributed by atoms with van der Waals surface area (Å²) in [5, 5.41) is 16.9. The zero-order valence-corrected chi connectivity index (χ0v) is 10.6. The first-order valence-electron chi connectivity index (χ1n) is 5.32. The molecule has 100 valence electrons. The highest BCUT2D eigenvalue weighted by Gasteiger charge is 2.18. The van der Waals surface area contributed by atoms with Gasteiger partial charge in [0, 0.05) is 6.07 Å². The van der Waals surface area contributed by atoms with Crippen LogP contribution in [0.4, 0.5) is 0 Å². The third-order valence-electron chi connectivity index (χ3n) is 2.61. The molecule has 7 heteroatoms. The van der Waals surface area contributed by atoms with E-state index in [1.807, 2.05) is 0 Å². The van der Waals surface area contributed by atoms with Gasteiger partial charge in [-0.3, -0.25) is 0 Å². The normalized spacial score (nSPS) is 10.3. The van der Waals surface area contributed by atoms with Gasteiger partial charge in [0.1, 0.15) is 5.52 Å². The number of methoxy groups -OCH3 is 3. The summed E-state index contributed by atoms with van der Waals surface area (Å²) in [4.78, 5) is 10.9. The topological polar surface area (TPSA) is 90.8 Å². The van der Waals surface area contributed by atoms with E-state index in [4.69, 9.17) is 19.3 Å². The van der Waals surface area contributed by atoms with Gasteiger partial charge >= 0.3 is 5.97 Å². The Morgan fingerprint density at radius 3 is 2.26 bits per heavy atom. The highest BCUT2D eigenvalue weighted by molar-refractivity contribution is 5.95. The first kappa shape index (κ1) is 12.9. The van der Waals surface area contributed by atoms with Gasteiger partial charge in [-0.25, -0.2) is 4.79 Å². The summed E-state index contributed by atoms with van der Waals surface area (Å²) in [6.07, 6.45) is 0. The molecular weight excluding hydrogens is 252 g/mol. The fourth-order valence-corrected chi connectivity index (χ4v) is 1.77. The van der Waals surface area contributed by atoms with Crippen LogP contribution in [0.5, 0.6) is 17.2 Å². The Bertz CT molecular complexity index is 642. The first-order chi connectivity index (χ1) is 9.12. The minimum Gasteiger partial charge on any atom is -0.493 e. The van der Waals surface area contributed by atoms with Crippen molar-refractivity contribution in [1.29, 1.82) is 0 Å². The van der Waals surface area contributed by atoms with E-state index in [2.05, 4.69) is 10.2 Å². The fourth-order valence-electron chi connectivity index (χ4n) is 1.77. The molecule has 1 N–H and O–H groups in total. The lowest BCUT2D eigenvalue weighted by Crippen LogP contribution is -2.03. The summed E-state index contributed by atoms with van der Waals surface area (Å²) in [6, 6.07) is 2.99. The summed E-state index contributed by atoms with van der Waals surface area (Å²) in [5.41, 5.74) is 0.289. The van der Waals surface area contributed by atoms with Crippen molar-refractivity contribution < 1.29 is 24.1 Å². The average Bonchev–Trinajstić information content (AvgIpc) is 2.44. The quantitative estimate of drug-likeness (QED) is 0.891. The van der Waals surface area contributed by atoms with Crippen molar-refractivity contribution in [3.8, 4) is 17.2 Å². The van der Waals surface area contributed by atoms with E-state index in [0.29, 0.717) is 28.2 Å². The molecule has 2 aromatic rings. The van der Waals surface area contributed by atoms with Crippen molar-refractivity contribution in [2.75, 3.05) is 21.3 Å². The van der Waals surface area contributed by atoms with E-state index in [9.17, 15) is 4.79 Å². The SMILES string of the molecule is COc1cc2nnc(C(=O)O)cc2c(OC)c1OC. The highest BCUT2D eigenvalue weighted by atomic mass is 16.5. The molecule has 0 aliphatic heterocycles. The summed E-state index contributed by atoms with van der Waals surface area (Å²) >= 11 is 0. The molecule has 0 fully saturated rings. The lowest BCUT2D eigenvalue weighted by Gasteiger charge is -2.14. The number of fused-ring (bicyclic) bond motifs is 1. The van der Waals surface area contributed by atoms with Crippen LogP contribution in [0.1, 0.15) is 10.5 Å². The van der Waals surface area contributed by atoms with Crippen molar-refractivity contribution in [3.63, 3.8) is 0 Å². The molecule has 0 aliphatic carbocycles. The molecule has 19 heavy (non-hydrogen) atoms. The third kappa shape index (κ3) is 2.10. The third-order valence-corrected chi connectivity index (χ3v) is 2.61. The molecule has 1 heterocycles. The lowest BCUT2D eigenvalue weighted by atomic mass is 10.1. The van der Waals surface area contributed by atoms with Gasteiger partial charge < -0.3 is 19.3 Å². The van der Waals surface area contributed by atoms with E-state index in [1.54, 1.807) is 6.07 Å². The zero-order chi connectivity index (χ0) is 14.0. The lowest BCUT2D eigenvalue weighted by molar-refractivity contribution is 0.0689. The van der Waals surface area contributed by atoms with E-state index in [1.165, 1.54) is 27.4 Å². The van der Waals surface area contributed by atoms with Crippen molar-refractivity contribution in [2.45, 2.75) is 0 Å². The predicted octanol–water partition coefficient (Wildman–Crippen LogP) is 1.35. The molecule has 0 bridgehead atoms. The average molecular weight is 264 g/mol. The molecular formula is C12H12N2O5. The Balaban J connectivity index is 2.82. The second kappa shape index (κ2) is 4.97. The molecule has 0 aliphatic rings. The number of aromatic nitrogens is 2. The summed E-state index contributed by atoms with van der Waals surface area (Å²) < 4.78 is 15.7. The molecule has 1 aromatic carbocycles. The maximum Gasteiger partial charge on any atom is 0.356 e. The molecule has 1 aromatic heterocycles. The van der Waals surface area contributed by atoms with Gasteiger partial charge in [0.15, 0.2) is 17.2 Å². The highest BCUT2D eigenvalue weighted by Crippen LogP contribution is 2.42. The number of aromatic carboxylic acids is 1. The number of carboxylic acid groups (broad SMARTS) is 1. The summed E-state index contributed by atoms with van der Waals surface area (Å²) in [6.45, 7) is 0. The van der Waals surface area contributed by atoms with Gasteiger partial charge in [-0.05, 0) is 6.07 Å². The van der Waals surface area contributed by atoms with Crippen molar-refractivity contribution in [3.05, 3.63) is 17.8 Å². The van der Waals surface area contributed by atoms with E-state index < -0.39 is 5.97 Å². The van der Waals surface area contributed by atoms with Crippen LogP contribution in [0.3, 0.4) is 0 Å². The number of rotatable bonds is 4. The van der Waals surface area contributed by atoms with Crippen LogP contribution in [-0.4, -0.2) is 42.6 Å². The Morgan fingerprint density at radius 1 is 1.05 bits per heavy atom.